The van der Waals surface area contributed by atoms with Crippen LogP contribution in [0.25, 0.3) is 0 Å². The zero-order valence-electron chi connectivity index (χ0n) is 10.1. The Morgan fingerprint density at radius 3 is 2.82 bits per heavy atom. The normalized spacial score (nSPS) is 26.8. The fourth-order valence-corrected chi connectivity index (χ4v) is 1.86. The van der Waals surface area contributed by atoms with Crippen LogP contribution >= 0.6 is 0 Å². The molecule has 0 N–H and O–H groups in total. The maximum Gasteiger partial charge on any atom is 0.154 e. The molecular formula is C14H18O3. The van der Waals surface area contributed by atoms with Crippen molar-refractivity contribution in [2.24, 2.45) is 0 Å². The first-order chi connectivity index (χ1) is 8.24. The Balaban J connectivity index is 1.55. The van der Waals surface area contributed by atoms with Crippen molar-refractivity contribution in [1.29, 1.82) is 0 Å². The van der Waals surface area contributed by atoms with Crippen LogP contribution in [-0.4, -0.2) is 24.6 Å². The molecule has 0 spiro atoms. The quantitative estimate of drug-likeness (QED) is 0.413. The minimum absolute atomic E-state index is 0.0975. The molecule has 17 heavy (non-hydrogen) atoms. The van der Waals surface area contributed by atoms with E-state index in [1.54, 1.807) is 0 Å². The van der Waals surface area contributed by atoms with Gasteiger partial charge in [0.1, 0.15) is 5.60 Å². The zero-order chi connectivity index (χ0) is 12.1. The monoisotopic (exact) mass is 234 g/mol. The van der Waals surface area contributed by atoms with Gasteiger partial charge in [0.15, 0.2) is 6.29 Å². The summed E-state index contributed by atoms with van der Waals surface area (Å²) < 4.78 is 10.9. The van der Waals surface area contributed by atoms with Gasteiger partial charge in [0.2, 0.25) is 0 Å². The third-order valence-electron chi connectivity index (χ3n) is 3.08. The fourth-order valence-electron chi connectivity index (χ4n) is 1.86. The van der Waals surface area contributed by atoms with E-state index in [9.17, 15) is 4.79 Å². The van der Waals surface area contributed by atoms with E-state index in [0.717, 1.165) is 19.1 Å². The van der Waals surface area contributed by atoms with Crippen LogP contribution in [-0.2, 0) is 20.9 Å². The van der Waals surface area contributed by atoms with Gasteiger partial charge >= 0.3 is 0 Å². The highest BCUT2D eigenvalue weighted by molar-refractivity contribution is 5.66. The maximum atomic E-state index is 10.6. The van der Waals surface area contributed by atoms with Crippen LogP contribution in [0.5, 0.6) is 0 Å². The second kappa shape index (κ2) is 5.43. The minimum atomic E-state index is -0.514. The van der Waals surface area contributed by atoms with Gasteiger partial charge < -0.3 is 14.3 Å². The molecule has 92 valence electrons. The molecule has 0 radical (unpaired) electrons. The Labute approximate surface area is 102 Å². The van der Waals surface area contributed by atoms with Gasteiger partial charge in [-0.15, -0.1) is 0 Å². The summed E-state index contributed by atoms with van der Waals surface area (Å²) in [7, 11) is 0. The number of aldehydes is 1. The molecule has 0 unspecified atom stereocenters. The molecule has 0 aliphatic carbocycles. The first kappa shape index (κ1) is 12.3. The van der Waals surface area contributed by atoms with E-state index in [1.165, 1.54) is 5.56 Å². The molecule has 0 aromatic heterocycles. The van der Waals surface area contributed by atoms with Crippen molar-refractivity contribution in [3.8, 4) is 0 Å². The number of benzene rings is 1. The third kappa shape index (κ3) is 3.38. The Kier molecular flexibility index (Phi) is 3.92. The fraction of sp³-hybridized carbons (Fsp3) is 0.500. The molecule has 1 aliphatic heterocycles. The molecule has 1 fully saturated rings. The van der Waals surface area contributed by atoms with Crippen molar-refractivity contribution in [3.63, 3.8) is 0 Å². The third-order valence-corrected chi connectivity index (χ3v) is 3.08. The van der Waals surface area contributed by atoms with Gasteiger partial charge in [-0.05, 0) is 25.3 Å². The van der Waals surface area contributed by atoms with Crippen LogP contribution < -0.4 is 0 Å². The average molecular weight is 234 g/mol. The van der Waals surface area contributed by atoms with Crippen LogP contribution in [0.15, 0.2) is 30.3 Å². The summed E-state index contributed by atoms with van der Waals surface area (Å²) in [4.78, 5) is 10.6. The average Bonchev–Trinajstić information content (AvgIpc) is 3.02. The van der Waals surface area contributed by atoms with E-state index < -0.39 is 5.60 Å². The van der Waals surface area contributed by atoms with E-state index >= 15 is 0 Å². The van der Waals surface area contributed by atoms with Gasteiger partial charge in [-0.2, -0.15) is 0 Å². The molecule has 1 aromatic rings. The van der Waals surface area contributed by atoms with E-state index in [-0.39, 0.29) is 6.10 Å². The molecule has 2 rings (SSSR count). The summed E-state index contributed by atoms with van der Waals surface area (Å²) in [5.41, 5.74) is 0.673. The first-order valence-electron chi connectivity index (χ1n) is 6.00. The first-order valence-corrected chi connectivity index (χ1v) is 6.00. The van der Waals surface area contributed by atoms with E-state index in [4.69, 9.17) is 9.47 Å². The van der Waals surface area contributed by atoms with Crippen LogP contribution in [0.1, 0.15) is 25.3 Å². The second-order valence-electron chi connectivity index (χ2n) is 4.59. The zero-order valence-corrected chi connectivity index (χ0v) is 10.1. The number of rotatable bonds is 7. The van der Waals surface area contributed by atoms with Gasteiger partial charge in [-0.25, -0.2) is 0 Å². The molecular weight excluding hydrogens is 216 g/mol. The highest BCUT2D eigenvalue weighted by Gasteiger charge is 2.51. The van der Waals surface area contributed by atoms with Crippen LogP contribution in [0.4, 0.5) is 0 Å². The lowest BCUT2D eigenvalue weighted by molar-refractivity contribution is -0.111. The standard InChI is InChI=1S/C14H18O3/c1-14(11-15)13(17-14)8-5-9-16-10-12-6-3-2-4-7-12/h2-4,6-7,11,13H,5,8-10H2,1H3/t13-,14-/m1/s1. The Hall–Kier alpha value is -1.19. The summed E-state index contributed by atoms with van der Waals surface area (Å²) >= 11 is 0. The SMILES string of the molecule is C[C@]1(C=O)O[C@@H]1CCCOCc1ccccc1. The Morgan fingerprint density at radius 1 is 1.41 bits per heavy atom. The van der Waals surface area contributed by atoms with Crippen molar-refractivity contribution < 1.29 is 14.3 Å². The number of ether oxygens (including phenoxy) is 2. The summed E-state index contributed by atoms with van der Waals surface area (Å²) in [6, 6.07) is 10.1. The van der Waals surface area contributed by atoms with Gasteiger partial charge in [0, 0.05) is 6.61 Å². The smallest absolute Gasteiger partial charge is 0.154 e. The van der Waals surface area contributed by atoms with Crippen molar-refractivity contribution in [2.45, 2.75) is 38.1 Å². The van der Waals surface area contributed by atoms with Gasteiger partial charge in [-0.1, -0.05) is 30.3 Å². The minimum Gasteiger partial charge on any atom is -0.377 e. The molecule has 1 heterocycles. The molecule has 1 aliphatic rings. The van der Waals surface area contributed by atoms with E-state index in [2.05, 4.69) is 0 Å². The molecule has 3 nitrogen and oxygen atoms in total. The molecule has 0 amide bonds. The van der Waals surface area contributed by atoms with Gasteiger partial charge in [-0.3, -0.25) is 0 Å². The molecule has 3 heteroatoms. The van der Waals surface area contributed by atoms with Crippen molar-refractivity contribution in [2.75, 3.05) is 6.61 Å². The number of carbonyl (C=O) groups excluding carboxylic acids is 1. The number of carbonyl (C=O) groups is 1. The van der Waals surface area contributed by atoms with Gasteiger partial charge in [0.05, 0.1) is 12.7 Å². The summed E-state index contributed by atoms with van der Waals surface area (Å²) in [6.45, 7) is 3.19. The number of epoxide rings is 1. The van der Waals surface area contributed by atoms with Crippen LogP contribution in [0.3, 0.4) is 0 Å². The molecule has 1 saturated heterocycles. The highest BCUT2D eigenvalue weighted by Crippen LogP contribution is 2.36. The summed E-state index contributed by atoms with van der Waals surface area (Å²) in [5.74, 6) is 0. The highest BCUT2D eigenvalue weighted by atomic mass is 16.6. The Morgan fingerprint density at radius 2 is 2.18 bits per heavy atom. The lowest BCUT2D eigenvalue weighted by atomic mass is 10.1. The van der Waals surface area contributed by atoms with Crippen molar-refractivity contribution in [1.82, 2.24) is 0 Å². The summed E-state index contributed by atoms with van der Waals surface area (Å²) in [5, 5.41) is 0. The topological polar surface area (TPSA) is 38.8 Å². The van der Waals surface area contributed by atoms with Gasteiger partial charge in [0.25, 0.3) is 0 Å². The van der Waals surface area contributed by atoms with Crippen molar-refractivity contribution >= 4 is 6.29 Å². The summed E-state index contributed by atoms with van der Waals surface area (Å²) in [6.07, 6.45) is 2.81. The number of hydrogen-bond acceptors (Lipinski definition) is 3. The molecule has 0 bridgehead atoms. The van der Waals surface area contributed by atoms with Crippen LogP contribution in [0.2, 0.25) is 0 Å². The second-order valence-corrected chi connectivity index (χ2v) is 4.59. The predicted molar refractivity (Wildman–Crippen MR) is 64.7 cm³/mol. The van der Waals surface area contributed by atoms with Crippen LogP contribution in [0, 0.1) is 0 Å². The van der Waals surface area contributed by atoms with E-state index in [1.807, 2.05) is 37.3 Å². The lowest BCUT2D eigenvalue weighted by Crippen LogP contribution is -2.11. The maximum absolute atomic E-state index is 10.6. The number of hydrogen-bond donors (Lipinski definition) is 0. The Bertz CT molecular complexity index is 363. The molecule has 1 aromatic carbocycles. The van der Waals surface area contributed by atoms with E-state index in [0.29, 0.717) is 13.2 Å². The lowest BCUT2D eigenvalue weighted by Gasteiger charge is -2.03. The van der Waals surface area contributed by atoms with Crippen molar-refractivity contribution in [3.05, 3.63) is 35.9 Å². The largest absolute Gasteiger partial charge is 0.377 e. The molecule has 0 saturated carbocycles. The molecule has 2 atom stereocenters. The predicted octanol–water partition coefficient (Wildman–Crippen LogP) is 2.34.